The van der Waals surface area contributed by atoms with Gasteiger partial charge in [-0.3, -0.25) is 14.2 Å². The van der Waals surface area contributed by atoms with E-state index in [1.807, 2.05) is 31.2 Å². The van der Waals surface area contributed by atoms with E-state index in [2.05, 4.69) is 0 Å². The smallest absolute Gasteiger partial charge is 0.307 e. The summed E-state index contributed by atoms with van der Waals surface area (Å²) in [5, 5.41) is 0.750. The van der Waals surface area contributed by atoms with E-state index in [1.165, 1.54) is 16.9 Å². The molecule has 0 fully saturated rings. The van der Waals surface area contributed by atoms with Crippen LogP contribution in [0.25, 0.3) is 21.6 Å². The van der Waals surface area contributed by atoms with Crippen molar-refractivity contribution in [3.63, 3.8) is 0 Å². The molecule has 146 valence electrons. The zero-order valence-electron chi connectivity index (χ0n) is 16.3. The maximum Gasteiger partial charge on any atom is 0.307 e. The summed E-state index contributed by atoms with van der Waals surface area (Å²) < 4.78 is 6.72. The molecular formula is C22H24N2O3S. The molecule has 2 aromatic heterocycles. The molecule has 0 saturated carbocycles. The molecule has 5 nitrogen and oxygen atoms in total. The van der Waals surface area contributed by atoms with Crippen molar-refractivity contribution < 1.29 is 9.53 Å². The van der Waals surface area contributed by atoms with Crippen molar-refractivity contribution in [1.82, 2.24) is 9.55 Å². The van der Waals surface area contributed by atoms with Gasteiger partial charge in [0.05, 0.1) is 18.4 Å². The van der Waals surface area contributed by atoms with Gasteiger partial charge in [-0.15, -0.1) is 11.3 Å². The highest BCUT2D eigenvalue weighted by atomic mass is 32.1. The van der Waals surface area contributed by atoms with Gasteiger partial charge in [-0.2, -0.15) is 0 Å². The van der Waals surface area contributed by atoms with Crippen LogP contribution in [0.5, 0.6) is 0 Å². The zero-order chi connectivity index (χ0) is 19.7. The summed E-state index contributed by atoms with van der Waals surface area (Å²) in [6, 6.07) is 7.99. The topological polar surface area (TPSA) is 61.2 Å². The normalized spacial score (nSPS) is 13.5. The van der Waals surface area contributed by atoms with Gasteiger partial charge in [-0.25, -0.2) is 4.98 Å². The lowest BCUT2D eigenvalue weighted by molar-refractivity contribution is -0.143. The minimum Gasteiger partial charge on any atom is -0.466 e. The number of carbonyl (C=O) groups excluding carboxylic acids is 1. The summed E-state index contributed by atoms with van der Waals surface area (Å²) in [6.45, 7) is 4.42. The Balaban J connectivity index is 1.89. The lowest BCUT2D eigenvalue weighted by Gasteiger charge is -2.14. The number of nitrogens with zero attached hydrogens (tertiary/aromatic N) is 2. The Labute approximate surface area is 168 Å². The lowest BCUT2D eigenvalue weighted by atomic mass is 9.97. The number of ether oxygens (including phenoxy) is 1. The highest BCUT2D eigenvalue weighted by Crippen LogP contribution is 2.34. The van der Waals surface area contributed by atoms with Gasteiger partial charge in [0.2, 0.25) is 0 Å². The molecule has 0 unspecified atom stereocenters. The zero-order valence-corrected chi connectivity index (χ0v) is 17.1. The molecule has 0 bridgehead atoms. The van der Waals surface area contributed by atoms with Crippen LogP contribution in [-0.4, -0.2) is 22.1 Å². The Morgan fingerprint density at radius 1 is 1.29 bits per heavy atom. The summed E-state index contributed by atoms with van der Waals surface area (Å²) in [4.78, 5) is 32.4. The standard InChI is InChI=1S/C22H24N2O3S/c1-3-27-18(25)11-12-24-20(15-8-6-7-14(2)13-15)23-21-19(22(24)26)16-9-4-5-10-17(16)28-21/h6-8,13H,3-5,9-12H2,1-2H3. The number of hydrogen-bond donors (Lipinski definition) is 0. The molecule has 0 aliphatic heterocycles. The van der Waals surface area contributed by atoms with Crippen molar-refractivity contribution in [2.24, 2.45) is 0 Å². The Morgan fingerprint density at radius 2 is 2.11 bits per heavy atom. The maximum absolute atomic E-state index is 13.5. The Bertz CT molecular complexity index is 1100. The van der Waals surface area contributed by atoms with Crippen LogP contribution < -0.4 is 5.56 Å². The predicted octanol–water partition coefficient (Wildman–Crippen LogP) is 4.27. The number of carbonyl (C=O) groups is 1. The number of benzene rings is 1. The van der Waals surface area contributed by atoms with Crippen molar-refractivity contribution in [3.8, 4) is 11.4 Å². The Morgan fingerprint density at radius 3 is 2.89 bits per heavy atom. The molecule has 4 rings (SSSR count). The van der Waals surface area contributed by atoms with Crippen LogP contribution in [0.4, 0.5) is 0 Å². The molecule has 0 amide bonds. The second-order valence-corrected chi connectivity index (χ2v) is 8.29. The van der Waals surface area contributed by atoms with Crippen LogP contribution in [0.2, 0.25) is 0 Å². The molecule has 1 aromatic carbocycles. The van der Waals surface area contributed by atoms with Crippen molar-refractivity contribution in [1.29, 1.82) is 0 Å². The molecule has 6 heteroatoms. The third-order valence-electron chi connectivity index (χ3n) is 5.20. The summed E-state index contributed by atoms with van der Waals surface area (Å²) in [5.74, 6) is 0.334. The molecule has 0 spiro atoms. The molecule has 0 atom stereocenters. The van der Waals surface area contributed by atoms with E-state index < -0.39 is 0 Å². The molecule has 1 aliphatic rings. The first kappa shape index (κ1) is 18.9. The molecule has 3 aromatic rings. The number of fused-ring (bicyclic) bond motifs is 3. The van der Waals surface area contributed by atoms with Crippen LogP contribution >= 0.6 is 11.3 Å². The van der Waals surface area contributed by atoms with Crippen LogP contribution in [-0.2, 0) is 28.9 Å². The summed E-state index contributed by atoms with van der Waals surface area (Å²) >= 11 is 1.65. The van der Waals surface area contributed by atoms with E-state index in [0.717, 1.165) is 40.6 Å². The number of rotatable bonds is 5. The van der Waals surface area contributed by atoms with Crippen molar-refractivity contribution in [3.05, 3.63) is 50.6 Å². The van der Waals surface area contributed by atoms with Gasteiger partial charge in [0.25, 0.3) is 5.56 Å². The van der Waals surface area contributed by atoms with Crippen LogP contribution in [0.3, 0.4) is 0 Å². The molecular weight excluding hydrogens is 372 g/mol. The van der Waals surface area contributed by atoms with Crippen molar-refractivity contribution >= 4 is 27.5 Å². The van der Waals surface area contributed by atoms with Gasteiger partial charge < -0.3 is 4.74 Å². The van der Waals surface area contributed by atoms with Crippen molar-refractivity contribution in [2.75, 3.05) is 6.61 Å². The predicted molar refractivity (Wildman–Crippen MR) is 112 cm³/mol. The highest BCUT2D eigenvalue weighted by molar-refractivity contribution is 7.18. The monoisotopic (exact) mass is 396 g/mol. The molecule has 0 N–H and O–H groups in total. The Hall–Kier alpha value is -2.47. The van der Waals surface area contributed by atoms with E-state index in [-0.39, 0.29) is 24.5 Å². The second-order valence-electron chi connectivity index (χ2n) is 7.21. The number of aromatic nitrogens is 2. The first-order valence-electron chi connectivity index (χ1n) is 9.86. The SMILES string of the molecule is CCOC(=O)CCn1c(-c2cccc(C)c2)nc2sc3c(c2c1=O)CCCC3. The average Bonchev–Trinajstić information content (AvgIpc) is 3.06. The van der Waals surface area contributed by atoms with E-state index in [4.69, 9.17) is 9.72 Å². The molecule has 1 aliphatic carbocycles. The molecule has 0 radical (unpaired) electrons. The van der Waals surface area contributed by atoms with Gasteiger partial charge >= 0.3 is 5.97 Å². The van der Waals surface area contributed by atoms with Crippen molar-refractivity contribution in [2.45, 2.75) is 52.5 Å². The summed E-state index contributed by atoms with van der Waals surface area (Å²) in [6.07, 6.45) is 4.40. The molecule has 0 saturated heterocycles. The average molecular weight is 397 g/mol. The van der Waals surface area contributed by atoms with Gasteiger partial charge in [0, 0.05) is 17.0 Å². The summed E-state index contributed by atoms with van der Waals surface area (Å²) in [7, 11) is 0. The minimum absolute atomic E-state index is 0.0368. The fourth-order valence-electron chi connectivity index (χ4n) is 3.89. The summed E-state index contributed by atoms with van der Waals surface area (Å²) in [5.41, 5.74) is 3.14. The first-order chi connectivity index (χ1) is 13.6. The number of hydrogen-bond acceptors (Lipinski definition) is 5. The third kappa shape index (κ3) is 3.49. The van der Waals surface area contributed by atoms with Gasteiger partial charge in [-0.1, -0.05) is 23.8 Å². The fourth-order valence-corrected chi connectivity index (χ4v) is 5.14. The number of thiophene rings is 1. The van der Waals surface area contributed by atoms with Gasteiger partial charge in [0.15, 0.2) is 0 Å². The van der Waals surface area contributed by atoms with Crippen LogP contribution in [0.15, 0.2) is 29.1 Å². The fraction of sp³-hybridized carbons (Fsp3) is 0.409. The highest BCUT2D eigenvalue weighted by Gasteiger charge is 2.23. The largest absolute Gasteiger partial charge is 0.466 e. The van der Waals surface area contributed by atoms with Crippen LogP contribution in [0.1, 0.15) is 42.2 Å². The van der Waals surface area contributed by atoms with Gasteiger partial charge in [-0.05, 0) is 51.2 Å². The molecule has 28 heavy (non-hydrogen) atoms. The van der Waals surface area contributed by atoms with E-state index in [1.54, 1.807) is 22.8 Å². The van der Waals surface area contributed by atoms with Crippen LogP contribution in [0, 0.1) is 6.92 Å². The maximum atomic E-state index is 13.5. The lowest BCUT2D eigenvalue weighted by Crippen LogP contribution is -2.25. The number of esters is 1. The van der Waals surface area contributed by atoms with Gasteiger partial charge in [0.1, 0.15) is 10.7 Å². The second kappa shape index (κ2) is 7.87. The van der Waals surface area contributed by atoms with E-state index >= 15 is 0 Å². The third-order valence-corrected chi connectivity index (χ3v) is 6.38. The number of aryl methyl sites for hydroxylation is 3. The minimum atomic E-state index is -0.294. The Kier molecular flexibility index (Phi) is 5.31. The first-order valence-corrected chi connectivity index (χ1v) is 10.7. The van der Waals surface area contributed by atoms with E-state index in [9.17, 15) is 9.59 Å². The van der Waals surface area contributed by atoms with E-state index in [0.29, 0.717) is 12.4 Å². The molecule has 2 heterocycles. The quantitative estimate of drug-likeness (QED) is 0.605.